The van der Waals surface area contributed by atoms with Crippen LogP contribution in [-0.2, 0) is 20.7 Å². The van der Waals surface area contributed by atoms with Gasteiger partial charge >= 0.3 is 5.97 Å². The lowest BCUT2D eigenvalue weighted by atomic mass is 9.97. The molecule has 1 N–H and O–H groups in total. The van der Waals surface area contributed by atoms with Gasteiger partial charge in [-0.25, -0.2) is 0 Å². The van der Waals surface area contributed by atoms with E-state index in [2.05, 4.69) is 5.32 Å². The molecule has 1 amide bonds. The van der Waals surface area contributed by atoms with Crippen LogP contribution < -0.4 is 10.1 Å². The van der Waals surface area contributed by atoms with Gasteiger partial charge in [0, 0.05) is 11.6 Å². The maximum Gasteiger partial charge on any atom is 0.313 e. The van der Waals surface area contributed by atoms with E-state index in [9.17, 15) is 9.59 Å². The Morgan fingerprint density at radius 2 is 2.04 bits per heavy atom. The summed E-state index contributed by atoms with van der Waals surface area (Å²) >= 11 is 5.99. The standard InChI is InChI=1S/C21H22ClNO4/c1-14(15-5-3-2-4-6-15)11-23-20(24)13-27-21(25)17-9-16-10-18(22)7-8-19(16)26-12-17/h2-8,10,14,17H,9,11-13H2,1H3,(H,23,24)/t14-,17-/m1/s1. The van der Waals surface area contributed by atoms with Crippen LogP contribution in [0.25, 0.3) is 0 Å². The predicted octanol–water partition coefficient (Wildman–Crippen LogP) is 3.35. The molecule has 0 fully saturated rings. The van der Waals surface area contributed by atoms with Crippen LogP contribution in [0.15, 0.2) is 48.5 Å². The first-order valence-electron chi connectivity index (χ1n) is 8.92. The number of carbonyl (C=O) groups is 2. The minimum Gasteiger partial charge on any atom is -0.492 e. The molecule has 1 aliphatic heterocycles. The Morgan fingerprint density at radius 3 is 2.81 bits per heavy atom. The number of carbonyl (C=O) groups excluding carboxylic acids is 2. The van der Waals surface area contributed by atoms with E-state index in [1.807, 2.05) is 37.3 Å². The first-order valence-corrected chi connectivity index (χ1v) is 9.30. The van der Waals surface area contributed by atoms with E-state index in [0.29, 0.717) is 18.0 Å². The number of benzene rings is 2. The first-order chi connectivity index (χ1) is 13.0. The Bertz CT molecular complexity index is 809. The summed E-state index contributed by atoms with van der Waals surface area (Å²) in [5.74, 6) is -0.278. The molecule has 3 rings (SSSR count). The van der Waals surface area contributed by atoms with E-state index in [1.54, 1.807) is 18.2 Å². The minimum atomic E-state index is -0.438. The molecule has 0 aromatic heterocycles. The number of amides is 1. The van der Waals surface area contributed by atoms with Crippen molar-refractivity contribution in [2.24, 2.45) is 5.92 Å². The van der Waals surface area contributed by atoms with Gasteiger partial charge in [-0.15, -0.1) is 0 Å². The predicted molar refractivity (Wildman–Crippen MR) is 103 cm³/mol. The lowest BCUT2D eigenvalue weighted by Crippen LogP contribution is -2.35. The summed E-state index contributed by atoms with van der Waals surface area (Å²) in [6.45, 7) is 2.46. The molecule has 0 saturated carbocycles. The van der Waals surface area contributed by atoms with Crippen molar-refractivity contribution in [2.75, 3.05) is 19.8 Å². The van der Waals surface area contributed by atoms with Gasteiger partial charge < -0.3 is 14.8 Å². The Kier molecular flexibility index (Phi) is 6.35. The van der Waals surface area contributed by atoms with Crippen molar-refractivity contribution in [3.05, 3.63) is 64.7 Å². The average Bonchev–Trinajstić information content (AvgIpc) is 2.70. The van der Waals surface area contributed by atoms with E-state index >= 15 is 0 Å². The summed E-state index contributed by atoms with van der Waals surface area (Å²) in [6.07, 6.45) is 0.487. The van der Waals surface area contributed by atoms with Crippen molar-refractivity contribution in [2.45, 2.75) is 19.3 Å². The molecule has 142 valence electrons. The van der Waals surface area contributed by atoms with Crippen LogP contribution in [0.1, 0.15) is 24.0 Å². The van der Waals surface area contributed by atoms with E-state index in [-0.39, 0.29) is 25.0 Å². The van der Waals surface area contributed by atoms with E-state index in [0.717, 1.165) is 16.9 Å². The van der Waals surface area contributed by atoms with Crippen molar-refractivity contribution in [1.29, 1.82) is 0 Å². The fourth-order valence-electron chi connectivity index (χ4n) is 2.99. The number of halogens is 1. The molecule has 0 saturated heterocycles. The fraction of sp³-hybridized carbons (Fsp3) is 0.333. The molecule has 6 heteroatoms. The molecule has 1 aliphatic rings. The summed E-state index contributed by atoms with van der Waals surface area (Å²) in [4.78, 5) is 24.2. The second-order valence-electron chi connectivity index (χ2n) is 6.69. The van der Waals surface area contributed by atoms with Crippen molar-refractivity contribution < 1.29 is 19.1 Å². The van der Waals surface area contributed by atoms with Gasteiger partial charge in [0.2, 0.25) is 0 Å². The van der Waals surface area contributed by atoms with Gasteiger partial charge in [-0.3, -0.25) is 9.59 Å². The highest BCUT2D eigenvalue weighted by atomic mass is 35.5. The number of nitrogens with one attached hydrogen (secondary N) is 1. The maximum atomic E-state index is 12.2. The second-order valence-corrected chi connectivity index (χ2v) is 7.12. The summed E-state index contributed by atoms with van der Waals surface area (Å²) < 4.78 is 10.7. The normalized spacial score (nSPS) is 16.6. The van der Waals surface area contributed by atoms with Crippen LogP contribution in [0.3, 0.4) is 0 Å². The Labute approximate surface area is 163 Å². The highest BCUT2D eigenvalue weighted by Crippen LogP contribution is 2.30. The topological polar surface area (TPSA) is 64.6 Å². The molecule has 0 aliphatic carbocycles. The van der Waals surface area contributed by atoms with Gasteiger partial charge in [-0.1, -0.05) is 48.9 Å². The molecule has 0 spiro atoms. The molecule has 2 aromatic rings. The van der Waals surface area contributed by atoms with Crippen LogP contribution in [0, 0.1) is 5.92 Å². The SMILES string of the molecule is C[C@H](CNC(=O)COC(=O)[C@H]1COc2ccc(Cl)cc2C1)c1ccccc1. The molecular weight excluding hydrogens is 366 g/mol. The molecule has 27 heavy (non-hydrogen) atoms. The van der Waals surface area contributed by atoms with Crippen molar-refractivity contribution in [3.63, 3.8) is 0 Å². The molecule has 0 radical (unpaired) electrons. The number of ether oxygens (including phenoxy) is 2. The number of rotatable bonds is 6. The third kappa shape index (κ3) is 5.23. The number of fused-ring (bicyclic) bond motifs is 1. The highest BCUT2D eigenvalue weighted by Gasteiger charge is 2.28. The third-order valence-electron chi connectivity index (χ3n) is 4.58. The molecular formula is C21H22ClNO4. The second kappa shape index (κ2) is 8.91. The lowest BCUT2D eigenvalue weighted by Gasteiger charge is -2.24. The summed E-state index contributed by atoms with van der Waals surface area (Å²) in [7, 11) is 0. The zero-order valence-corrected chi connectivity index (χ0v) is 15.9. The minimum absolute atomic E-state index is 0.179. The molecule has 0 bridgehead atoms. The van der Waals surface area contributed by atoms with Crippen molar-refractivity contribution >= 4 is 23.5 Å². The Balaban J connectivity index is 1.43. The maximum absolute atomic E-state index is 12.2. The van der Waals surface area contributed by atoms with Crippen LogP contribution >= 0.6 is 11.6 Å². The Morgan fingerprint density at radius 1 is 1.26 bits per heavy atom. The molecule has 5 nitrogen and oxygen atoms in total. The summed E-state index contributed by atoms with van der Waals surface area (Å²) in [5.41, 5.74) is 2.02. The molecule has 2 atom stereocenters. The van der Waals surface area contributed by atoms with Crippen LogP contribution in [0.5, 0.6) is 5.75 Å². The van der Waals surface area contributed by atoms with Crippen LogP contribution in [-0.4, -0.2) is 31.6 Å². The van der Waals surface area contributed by atoms with E-state index < -0.39 is 11.9 Å². The van der Waals surface area contributed by atoms with Crippen LogP contribution in [0.2, 0.25) is 5.02 Å². The summed E-state index contributed by atoms with van der Waals surface area (Å²) in [6, 6.07) is 15.2. The quantitative estimate of drug-likeness (QED) is 0.772. The summed E-state index contributed by atoms with van der Waals surface area (Å²) in [5, 5.41) is 3.39. The van der Waals surface area contributed by atoms with Gasteiger partial charge in [0.1, 0.15) is 12.4 Å². The van der Waals surface area contributed by atoms with E-state index in [4.69, 9.17) is 21.1 Å². The monoisotopic (exact) mass is 387 g/mol. The van der Waals surface area contributed by atoms with Crippen molar-refractivity contribution in [1.82, 2.24) is 5.32 Å². The zero-order chi connectivity index (χ0) is 19.2. The molecule has 0 unspecified atom stereocenters. The van der Waals surface area contributed by atoms with Gasteiger partial charge in [-0.05, 0) is 41.7 Å². The smallest absolute Gasteiger partial charge is 0.313 e. The molecule has 1 heterocycles. The molecule has 2 aromatic carbocycles. The highest BCUT2D eigenvalue weighted by molar-refractivity contribution is 6.30. The van der Waals surface area contributed by atoms with Crippen LogP contribution in [0.4, 0.5) is 0 Å². The number of hydrogen-bond acceptors (Lipinski definition) is 4. The fourth-order valence-corrected chi connectivity index (χ4v) is 3.18. The lowest BCUT2D eigenvalue weighted by molar-refractivity contribution is -0.153. The van der Waals surface area contributed by atoms with Gasteiger partial charge in [0.05, 0.1) is 5.92 Å². The largest absolute Gasteiger partial charge is 0.492 e. The van der Waals surface area contributed by atoms with E-state index in [1.165, 1.54) is 0 Å². The first kappa shape index (κ1) is 19.2. The number of hydrogen-bond donors (Lipinski definition) is 1. The zero-order valence-electron chi connectivity index (χ0n) is 15.1. The van der Waals surface area contributed by atoms with Gasteiger partial charge in [-0.2, -0.15) is 0 Å². The van der Waals surface area contributed by atoms with Gasteiger partial charge in [0.25, 0.3) is 5.91 Å². The van der Waals surface area contributed by atoms with Crippen molar-refractivity contribution in [3.8, 4) is 5.75 Å². The third-order valence-corrected chi connectivity index (χ3v) is 4.82. The Hall–Kier alpha value is -2.53. The number of esters is 1. The average molecular weight is 388 g/mol. The van der Waals surface area contributed by atoms with Gasteiger partial charge in [0.15, 0.2) is 6.61 Å².